The summed E-state index contributed by atoms with van der Waals surface area (Å²) < 4.78 is 5.94. The molecule has 1 aromatic heterocycles. The van der Waals surface area contributed by atoms with Gasteiger partial charge in [0, 0.05) is 10.9 Å². The monoisotopic (exact) mass is 323 g/mol. The normalized spacial score (nSPS) is 10.9. The fourth-order valence-electron chi connectivity index (χ4n) is 1.98. The number of hydrogen-bond acceptors (Lipinski definition) is 5. The number of aromatic nitrogens is 1. The highest BCUT2D eigenvalue weighted by atomic mass is 32.1. The van der Waals surface area contributed by atoms with Gasteiger partial charge in [-0.15, -0.1) is 11.3 Å². The van der Waals surface area contributed by atoms with Crippen LogP contribution >= 0.6 is 11.3 Å². The number of aryl methyl sites for hydroxylation is 2. The van der Waals surface area contributed by atoms with E-state index >= 15 is 0 Å². The average Bonchev–Trinajstić information content (AvgIpc) is 2.97. The quantitative estimate of drug-likeness (QED) is 0.531. The van der Waals surface area contributed by atoms with E-state index in [1.54, 1.807) is 6.21 Å². The minimum absolute atomic E-state index is 0.761. The van der Waals surface area contributed by atoms with Gasteiger partial charge in [0.15, 0.2) is 0 Å². The van der Waals surface area contributed by atoms with E-state index in [2.05, 4.69) is 22.4 Å². The topological polar surface area (TPSA) is 46.5 Å². The molecule has 0 spiro atoms. The summed E-state index contributed by atoms with van der Waals surface area (Å²) in [6.45, 7) is 4.01. The van der Waals surface area contributed by atoms with Crippen molar-refractivity contribution in [2.75, 3.05) is 5.43 Å². The number of hydrogen-bond donors (Lipinski definition) is 1. The molecule has 3 aromatic rings. The fraction of sp³-hybridized carbons (Fsp3) is 0.111. The largest absolute Gasteiger partial charge is 0.457 e. The van der Waals surface area contributed by atoms with Crippen LogP contribution in [0, 0.1) is 13.8 Å². The number of nitrogens with zero attached hydrogens (tertiary/aromatic N) is 2. The molecule has 0 radical (unpaired) electrons. The lowest BCUT2D eigenvalue weighted by Crippen LogP contribution is -1.93. The van der Waals surface area contributed by atoms with Crippen LogP contribution in [0.25, 0.3) is 0 Å². The lowest BCUT2D eigenvalue weighted by Gasteiger charge is -2.08. The number of benzene rings is 2. The van der Waals surface area contributed by atoms with Gasteiger partial charge >= 0.3 is 0 Å². The van der Waals surface area contributed by atoms with E-state index in [-0.39, 0.29) is 0 Å². The van der Waals surface area contributed by atoms with Gasteiger partial charge < -0.3 is 4.74 Å². The van der Waals surface area contributed by atoms with Crippen LogP contribution < -0.4 is 10.2 Å². The molecule has 0 aliphatic rings. The third-order valence-corrected chi connectivity index (χ3v) is 4.02. The molecular formula is C18H17N3OS. The number of hydrazone groups is 1. The molecule has 0 saturated heterocycles. The Morgan fingerprint density at radius 3 is 2.61 bits per heavy atom. The van der Waals surface area contributed by atoms with E-state index in [0.29, 0.717) is 0 Å². The molecule has 116 valence electrons. The minimum atomic E-state index is 0.761. The van der Waals surface area contributed by atoms with Gasteiger partial charge in [-0.1, -0.05) is 29.8 Å². The second-order valence-corrected chi connectivity index (χ2v) is 5.98. The van der Waals surface area contributed by atoms with E-state index in [1.807, 2.05) is 60.8 Å². The molecule has 0 unspecified atom stereocenters. The van der Waals surface area contributed by atoms with Gasteiger partial charge in [0.05, 0.1) is 11.9 Å². The Bertz CT molecular complexity index is 809. The van der Waals surface area contributed by atoms with Crippen LogP contribution in [0.15, 0.2) is 59.0 Å². The van der Waals surface area contributed by atoms with Crippen LogP contribution in [0.2, 0.25) is 0 Å². The van der Waals surface area contributed by atoms with Gasteiger partial charge in [0.2, 0.25) is 5.13 Å². The van der Waals surface area contributed by atoms with Gasteiger partial charge in [0.1, 0.15) is 11.5 Å². The highest BCUT2D eigenvalue weighted by molar-refractivity contribution is 7.13. The standard InChI is InChI=1S/C18H17N3OS/c1-13-7-9-16(10-8-13)22-17-6-4-3-5-15(17)11-19-21-18-20-14(2)12-23-18/h3-12H,1-2H3,(H,20,21). The van der Waals surface area contributed by atoms with Crippen LogP contribution in [0.1, 0.15) is 16.8 Å². The summed E-state index contributed by atoms with van der Waals surface area (Å²) in [4.78, 5) is 4.30. The Morgan fingerprint density at radius 1 is 1.09 bits per heavy atom. The van der Waals surface area contributed by atoms with Crippen LogP contribution in [0.5, 0.6) is 11.5 Å². The Balaban J connectivity index is 1.73. The smallest absolute Gasteiger partial charge is 0.203 e. The second kappa shape index (κ2) is 7.07. The lowest BCUT2D eigenvalue weighted by atomic mass is 10.2. The molecule has 1 heterocycles. The zero-order valence-corrected chi connectivity index (χ0v) is 13.8. The second-order valence-electron chi connectivity index (χ2n) is 5.12. The van der Waals surface area contributed by atoms with Gasteiger partial charge in [-0.25, -0.2) is 4.98 Å². The number of nitrogens with one attached hydrogen (secondary N) is 1. The van der Waals surface area contributed by atoms with Crippen molar-refractivity contribution in [3.05, 3.63) is 70.7 Å². The van der Waals surface area contributed by atoms with Crippen LogP contribution in [0.3, 0.4) is 0 Å². The molecule has 23 heavy (non-hydrogen) atoms. The molecule has 2 aromatic carbocycles. The Morgan fingerprint density at radius 2 is 1.87 bits per heavy atom. The Labute approximate surface area is 139 Å². The van der Waals surface area contributed by atoms with Crippen LogP contribution in [-0.2, 0) is 0 Å². The summed E-state index contributed by atoms with van der Waals surface area (Å²) >= 11 is 1.53. The molecule has 0 bridgehead atoms. The van der Waals surface area contributed by atoms with E-state index < -0.39 is 0 Å². The number of anilines is 1. The van der Waals surface area contributed by atoms with Crippen LogP contribution in [0.4, 0.5) is 5.13 Å². The summed E-state index contributed by atoms with van der Waals surface area (Å²) in [6, 6.07) is 15.8. The average molecular weight is 323 g/mol. The van der Waals surface area contributed by atoms with E-state index in [0.717, 1.165) is 27.9 Å². The molecular weight excluding hydrogens is 306 g/mol. The summed E-state index contributed by atoms with van der Waals surface area (Å²) in [7, 11) is 0. The first-order valence-electron chi connectivity index (χ1n) is 7.25. The summed E-state index contributed by atoms with van der Waals surface area (Å²) in [6.07, 6.45) is 1.74. The first-order chi connectivity index (χ1) is 11.2. The maximum absolute atomic E-state index is 5.94. The SMILES string of the molecule is Cc1ccc(Oc2ccccc2C=NNc2nc(C)cs2)cc1. The van der Waals surface area contributed by atoms with Gasteiger partial charge in [-0.2, -0.15) is 5.10 Å². The minimum Gasteiger partial charge on any atom is -0.457 e. The van der Waals surface area contributed by atoms with Gasteiger partial charge in [0.25, 0.3) is 0 Å². The summed E-state index contributed by atoms with van der Waals surface area (Å²) in [5.74, 6) is 1.57. The molecule has 4 nitrogen and oxygen atoms in total. The molecule has 0 aliphatic carbocycles. The summed E-state index contributed by atoms with van der Waals surface area (Å²) in [5, 5.41) is 6.99. The third-order valence-electron chi connectivity index (χ3n) is 3.15. The highest BCUT2D eigenvalue weighted by Crippen LogP contribution is 2.24. The van der Waals surface area contributed by atoms with Crippen molar-refractivity contribution in [1.29, 1.82) is 0 Å². The van der Waals surface area contributed by atoms with Crippen molar-refractivity contribution in [3.8, 4) is 11.5 Å². The Hall–Kier alpha value is -2.66. The van der Waals surface area contributed by atoms with Crippen LogP contribution in [-0.4, -0.2) is 11.2 Å². The number of ether oxygens (including phenoxy) is 1. The molecule has 1 N–H and O–H groups in total. The van der Waals surface area contributed by atoms with E-state index in [4.69, 9.17) is 4.74 Å². The molecule has 5 heteroatoms. The van der Waals surface area contributed by atoms with Crippen molar-refractivity contribution in [1.82, 2.24) is 4.98 Å². The highest BCUT2D eigenvalue weighted by Gasteiger charge is 2.02. The number of rotatable bonds is 5. The molecule has 0 atom stereocenters. The van der Waals surface area contributed by atoms with Crippen molar-refractivity contribution < 1.29 is 4.74 Å². The predicted octanol–water partition coefficient (Wildman–Crippen LogP) is 5.00. The third kappa shape index (κ3) is 4.17. The molecule has 0 aliphatic heterocycles. The van der Waals surface area contributed by atoms with Crippen molar-refractivity contribution >= 4 is 22.7 Å². The Kier molecular flexibility index (Phi) is 4.68. The van der Waals surface area contributed by atoms with E-state index in [1.165, 1.54) is 16.9 Å². The maximum Gasteiger partial charge on any atom is 0.203 e. The fourth-order valence-corrected chi connectivity index (χ4v) is 2.61. The van der Waals surface area contributed by atoms with Crippen molar-refractivity contribution in [2.24, 2.45) is 5.10 Å². The lowest BCUT2D eigenvalue weighted by molar-refractivity contribution is 0.482. The van der Waals surface area contributed by atoms with E-state index in [9.17, 15) is 0 Å². The molecule has 0 saturated carbocycles. The molecule has 3 rings (SSSR count). The number of para-hydroxylation sites is 1. The zero-order valence-electron chi connectivity index (χ0n) is 13.0. The first-order valence-corrected chi connectivity index (χ1v) is 8.13. The van der Waals surface area contributed by atoms with Crippen molar-refractivity contribution in [2.45, 2.75) is 13.8 Å². The maximum atomic E-state index is 5.94. The number of thiazole rings is 1. The predicted molar refractivity (Wildman–Crippen MR) is 95.8 cm³/mol. The summed E-state index contributed by atoms with van der Waals surface area (Å²) in [5.41, 5.74) is 6.02. The zero-order chi connectivity index (χ0) is 16.1. The first kappa shape index (κ1) is 15.2. The van der Waals surface area contributed by atoms with Crippen molar-refractivity contribution in [3.63, 3.8) is 0 Å². The van der Waals surface area contributed by atoms with Gasteiger partial charge in [-0.3, -0.25) is 5.43 Å². The molecule has 0 fully saturated rings. The molecule has 0 amide bonds. The van der Waals surface area contributed by atoms with Gasteiger partial charge in [-0.05, 0) is 38.1 Å².